The Hall–Kier alpha value is -2.44. The molecule has 21 heavy (non-hydrogen) atoms. The van der Waals surface area contributed by atoms with E-state index in [0.717, 1.165) is 12.1 Å². The minimum atomic E-state index is -0.699. The molecule has 0 fully saturated rings. The van der Waals surface area contributed by atoms with E-state index >= 15 is 0 Å². The van der Waals surface area contributed by atoms with E-state index in [1.807, 2.05) is 0 Å². The van der Waals surface area contributed by atoms with Crippen LogP contribution in [-0.2, 0) is 16.6 Å². The predicted octanol–water partition coefficient (Wildman–Crippen LogP) is 2.31. The van der Waals surface area contributed by atoms with Crippen molar-refractivity contribution in [3.63, 3.8) is 0 Å². The summed E-state index contributed by atoms with van der Waals surface area (Å²) in [7, 11) is 1.53. The number of carbonyl (C=O) groups excluding carboxylic acids is 1. The lowest BCUT2D eigenvalue weighted by Gasteiger charge is -2.04. The van der Waals surface area contributed by atoms with Gasteiger partial charge in [0.05, 0.1) is 17.9 Å². The summed E-state index contributed by atoms with van der Waals surface area (Å²) in [4.78, 5) is 11.2. The molecule has 5 nitrogen and oxygen atoms in total. The van der Waals surface area contributed by atoms with Crippen molar-refractivity contribution in [3.8, 4) is 17.1 Å². The molecule has 0 atom stereocenters. The molecule has 2 rings (SSSR count). The summed E-state index contributed by atoms with van der Waals surface area (Å²) in [6.45, 7) is 1.61. The van der Waals surface area contributed by atoms with Crippen molar-refractivity contribution < 1.29 is 23.0 Å². The molecular weight excluding hydrogens is 282 g/mol. The van der Waals surface area contributed by atoms with Crippen molar-refractivity contribution in [3.05, 3.63) is 35.9 Å². The number of esters is 1. The third kappa shape index (κ3) is 3.36. The fraction of sp³-hybridized carbons (Fsp3) is 0.286. The molecule has 7 heteroatoms. The van der Waals surface area contributed by atoms with Crippen molar-refractivity contribution >= 4 is 5.97 Å². The van der Waals surface area contributed by atoms with Gasteiger partial charge in [-0.05, 0) is 19.1 Å². The van der Waals surface area contributed by atoms with Crippen LogP contribution in [0.25, 0.3) is 11.3 Å². The second kappa shape index (κ2) is 6.34. The van der Waals surface area contributed by atoms with Gasteiger partial charge in [0, 0.05) is 13.1 Å². The molecule has 2 aromatic rings. The lowest BCUT2D eigenvalue weighted by atomic mass is 10.1. The number of rotatable bonds is 5. The average molecular weight is 296 g/mol. The Labute approximate surface area is 120 Å². The molecule has 0 radical (unpaired) electrons. The van der Waals surface area contributed by atoms with Gasteiger partial charge in [0.15, 0.2) is 6.61 Å². The molecule has 0 bridgehead atoms. The molecule has 1 heterocycles. The molecule has 0 amide bonds. The lowest BCUT2D eigenvalue weighted by molar-refractivity contribution is -0.145. The van der Waals surface area contributed by atoms with Gasteiger partial charge in [0.2, 0.25) is 5.88 Å². The normalized spacial score (nSPS) is 10.5. The van der Waals surface area contributed by atoms with E-state index in [1.54, 1.807) is 6.92 Å². The second-order valence-corrected chi connectivity index (χ2v) is 4.18. The maximum absolute atomic E-state index is 13.7. The monoisotopic (exact) mass is 296 g/mol. The van der Waals surface area contributed by atoms with Crippen LogP contribution in [0.4, 0.5) is 8.78 Å². The van der Waals surface area contributed by atoms with Gasteiger partial charge in [-0.25, -0.2) is 13.6 Å². The van der Waals surface area contributed by atoms with E-state index in [2.05, 4.69) is 5.10 Å². The van der Waals surface area contributed by atoms with Crippen molar-refractivity contribution in [2.24, 2.45) is 7.05 Å². The highest BCUT2D eigenvalue weighted by atomic mass is 19.1. The standard InChI is InChI=1S/C14H14F2N2O3/c1-3-20-13(19)8-21-12-7-11(18(2)17-12)14-9(15)5-4-6-10(14)16/h4-7H,3,8H2,1-2H3. The zero-order chi connectivity index (χ0) is 15.4. The number of hydrogen-bond donors (Lipinski definition) is 0. The van der Waals surface area contributed by atoms with Crippen molar-refractivity contribution in [1.29, 1.82) is 0 Å². The van der Waals surface area contributed by atoms with Crippen LogP contribution >= 0.6 is 0 Å². The van der Waals surface area contributed by atoms with E-state index < -0.39 is 17.6 Å². The lowest BCUT2D eigenvalue weighted by Crippen LogP contribution is -2.14. The van der Waals surface area contributed by atoms with Gasteiger partial charge in [-0.3, -0.25) is 4.68 Å². The first-order valence-corrected chi connectivity index (χ1v) is 6.29. The van der Waals surface area contributed by atoms with Crippen LogP contribution in [-0.4, -0.2) is 29.0 Å². The van der Waals surface area contributed by atoms with Crippen LogP contribution in [0, 0.1) is 11.6 Å². The Morgan fingerprint density at radius 3 is 2.62 bits per heavy atom. The van der Waals surface area contributed by atoms with E-state index in [4.69, 9.17) is 9.47 Å². The first kappa shape index (κ1) is 15.0. The molecule has 0 spiro atoms. The maximum atomic E-state index is 13.7. The number of aromatic nitrogens is 2. The fourth-order valence-electron chi connectivity index (χ4n) is 1.82. The third-order valence-corrected chi connectivity index (χ3v) is 2.72. The predicted molar refractivity (Wildman–Crippen MR) is 70.7 cm³/mol. The van der Waals surface area contributed by atoms with Crippen LogP contribution in [0.3, 0.4) is 0 Å². The summed E-state index contributed by atoms with van der Waals surface area (Å²) < 4.78 is 38.6. The summed E-state index contributed by atoms with van der Waals surface area (Å²) in [5.41, 5.74) is 0.0166. The third-order valence-electron chi connectivity index (χ3n) is 2.72. The Balaban J connectivity index is 2.22. The summed E-state index contributed by atoms with van der Waals surface area (Å²) in [6.07, 6.45) is 0. The number of carbonyl (C=O) groups is 1. The zero-order valence-corrected chi connectivity index (χ0v) is 11.6. The summed E-state index contributed by atoms with van der Waals surface area (Å²) >= 11 is 0. The molecule has 0 aliphatic carbocycles. The van der Waals surface area contributed by atoms with E-state index in [9.17, 15) is 13.6 Å². The molecule has 0 saturated heterocycles. The zero-order valence-electron chi connectivity index (χ0n) is 11.6. The Kier molecular flexibility index (Phi) is 4.52. The van der Waals surface area contributed by atoms with Gasteiger partial charge in [0.25, 0.3) is 0 Å². The first-order valence-electron chi connectivity index (χ1n) is 6.29. The minimum absolute atomic E-state index is 0.0863. The fourth-order valence-corrected chi connectivity index (χ4v) is 1.82. The van der Waals surface area contributed by atoms with Crippen LogP contribution in [0.2, 0.25) is 0 Å². The van der Waals surface area contributed by atoms with Gasteiger partial charge in [-0.2, -0.15) is 0 Å². The number of hydrogen-bond acceptors (Lipinski definition) is 4. The van der Waals surface area contributed by atoms with Crippen LogP contribution < -0.4 is 4.74 Å². The van der Waals surface area contributed by atoms with E-state index in [1.165, 1.54) is 23.9 Å². The molecule has 0 aliphatic rings. The largest absolute Gasteiger partial charge is 0.465 e. The van der Waals surface area contributed by atoms with Crippen LogP contribution in [0.1, 0.15) is 6.92 Å². The molecule has 1 aromatic carbocycles. The quantitative estimate of drug-likeness (QED) is 0.795. The molecule has 112 valence electrons. The first-order chi connectivity index (χ1) is 10.0. The van der Waals surface area contributed by atoms with Gasteiger partial charge < -0.3 is 9.47 Å². The number of ether oxygens (including phenoxy) is 2. The van der Waals surface area contributed by atoms with Crippen molar-refractivity contribution in [2.45, 2.75) is 6.92 Å². The van der Waals surface area contributed by atoms with E-state index in [-0.39, 0.29) is 30.4 Å². The smallest absolute Gasteiger partial charge is 0.344 e. The highest BCUT2D eigenvalue weighted by Crippen LogP contribution is 2.28. The molecule has 1 aromatic heterocycles. The summed E-state index contributed by atoms with van der Waals surface area (Å²) in [5.74, 6) is -1.85. The van der Waals surface area contributed by atoms with Crippen LogP contribution in [0.5, 0.6) is 5.88 Å². The van der Waals surface area contributed by atoms with Gasteiger partial charge in [-0.1, -0.05) is 6.07 Å². The van der Waals surface area contributed by atoms with Crippen molar-refractivity contribution in [2.75, 3.05) is 13.2 Å². The molecular formula is C14H14F2N2O3. The number of halogens is 2. The number of nitrogens with zero attached hydrogens (tertiary/aromatic N) is 2. The molecule has 0 saturated carbocycles. The topological polar surface area (TPSA) is 53.4 Å². The highest BCUT2D eigenvalue weighted by Gasteiger charge is 2.17. The van der Waals surface area contributed by atoms with Gasteiger partial charge in [-0.15, -0.1) is 5.10 Å². The van der Waals surface area contributed by atoms with Crippen molar-refractivity contribution in [1.82, 2.24) is 9.78 Å². The molecule has 0 unspecified atom stereocenters. The summed E-state index contributed by atoms with van der Waals surface area (Å²) in [5, 5.41) is 3.95. The Morgan fingerprint density at radius 1 is 1.33 bits per heavy atom. The van der Waals surface area contributed by atoms with Gasteiger partial charge in [0.1, 0.15) is 11.6 Å². The molecule has 0 N–H and O–H groups in total. The SMILES string of the molecule is CCOC(=O)COc1cc(-c2c(F)cccc2F)n(C)n1. The molecule has 0 aliphatic heterocycles. The highest BCUT2D eigenvalue weighted by molar-refractivity contribution is 5.71. The van der Waals surface area contributed by atoms with Gasteiger partial charge >= 0.3 is 5.97 Å². The average Bonchev–Trinajstić information content (AvgIpc) is 2.78. The number of benzene rings is 1. The Bertz CT molecular complexity index is 635. The minimum Gasteiger partial charge on any atom is -0.465 e. The second-order valence-electron chi connectivity index (χ2n) is 4.18. The summed E-state index contributed by atoms with van der Waals surface area (Å²) in [6, 6.07) is 4.96. The number of aryl methyl sites for hydroxylation is 1. The Morgan fingerprint density at radius 2 is 2.00 bits per heavy atom. The maximum Gasteiger partial charge on any atom is 0.344 e. The van der Waals surface area contributed by atoms with Crippen LogP contribution in [0.15, 0.2) is 24.3 Å². The van der Waals surface area contributed by atoms with E-state index in [0.29, 0.717) is 0 Å².